The zero-order valence-electron chi connectivity index (χ0n) is 17.3. The Morgan fingerprint density at radius 3 is 2.34 bits per heavy atom. The minimum Gasteiger partial charge on any atom is -0.497 e. The third kappa shape index (κ3) is 3.50. The molecule has 0 N–H and O–H groups in total. The molecule has 0 saturated carbocycles. The summed E-state index contributed by atoms with van der Waals surface area (Å²) in [6.45, 7) is 3.81. The number of ether oxygens (including phenoxy) is 1. The van der Waals surface area contributed by atoms with Gasteiger partial charge in [-0.1, -0.05) is 37.3 Å². The van der Waals surface area contributed by atoms with Crippen LogP contribution in [0.15, 0.2) is 48.5 Å². The molecule has 5 heteroatoms. The maximum Gasteiger partial charge on any atom is 0.254 e. The van der Waals surface area contributed by atoms with Crippen LogP contribution >= 0.6 is 0 Å². The Morgan fingerprint density at radius 1 is 1.03 bits per heavy atom. The molecule has 0 bridgehead atoms. The summed E-state index contributed by atoms with van der Waals surface area (Å²) in [5.74, 6) is 1.07. The third-order valence-electron chi connectivity index (χ3n) is 6.40. The largest absolute Gasteiger partial charge is 0.497 e. The summed E-state index contributed by atoms with van der Waals surface area (Å²) in [5, 5.41) is 0. The van der Waals surface area contributed by atoms with Crippen molar-refractivity contribution < 1.29 is 14.3 Å². The highest BCUT2D eigenvalue weighted by Gasteiger charge is 2.44. The number of likely N-dealkylation sites (tertiary alicyclic amines) is 1. The maximum absolute atomic E-state index is 13.7. The van der Waals surface area contributed by atoms with E-state index in [4.69, 9.17) is 4.74 Å². The average molecular weight is 392 g/mol. The first-order chi connectivity index (χ1) is 14.0. The summed E-state index contributed by atoms with van der Waals surface area (Å²) in [6, 6.07) is 14.9. The van der Waals surface area contributed by atoms with Crippen LogP contribution in [0.2, 0.25) is 0 Å². The number of nitrogens with zero attached hydrogens (tertiary/aromatic N) is 2. The summed E-state index contributed by atoms with van der Waals surface area (Å²) in [7, 11) is 3.43. The maximum atomic E-state index is 13.7. The number of likely N-dealkylation sites (N-methyl/N-ethyl adjacent to an activating group) is 1. The normalized spacial score (nSPS) is 22.4. The van der Waals surface area contributed by atoms with Crippen molar-refractivity contribution in [3.8, 4) is 5.75 Å². The van der Waals surface area contributed by atoms with Crippen LogP contribution in [0.1, 0.15) is 53.2 Å². The van der Waals surface area contributed by atoms with Gasteiger partial charge in [0.15, 0.2) is 0 Å². The van der Waals surface area contributed by atoms with Crippen molar-refractivity contribution in [2.45, 2.75) is 31.7 Å². The molecule has 2 atom stereocenters. The Labute approximate surface area is 172 Å². The number of hydrogen-bond donors (Lipinski definition) is 0. The van der Waals surface area contributed by atoms with Crippen LogP contribution in [0.5, 0.6) is 5.75 Å². The second kappa shape index (κ2) is 7.90. The fraction of sp³-hybridized carbons (Fsp3) is 0.417. The van der Waals surface area contributed by atoms with Gasteiger partial charge in [0.25, 0.3) is 5.91 Å². The highest BCUT2D eigenvalue weighted by atomic mass is 16.5. The van der Waals surface area contributed by atoms with Gasteiger partial charge in [0.1, 0.15) is 5.75 Å². The molecule has 5 nitrogen and oxygen atoms in total. The van der Waals surface area contributed by atoms with Crippen LogP contribution in [0, 0.1) is 5.92 Å². The topological polar surface area (TPSA) is 49.9 Å². The molecular formula is C24H28N2O3. The Morgan fingerprint density at radius 2 is 1.69 bits per heavy atom. The van der Waals surface area contributed by atoms with E-state index in [1.807, 2.05) is 53.4 Å². The second-order valence-corrected chi connectivity index (χ2v) is 8.21. The van der Waals surface area contributed by atoms with Gasteiger partial charge >= 0.3 is 0 Å². The highest BCUT2D eigenvalue weighted by molar-refractivity contribution is 6.01. The Hall–Kier alpha value is -2.82. The molecule has 2 aromatic rings. The monoisotopic (exact) mass is 392 g/mol. The van der Waals surface area contributed by atoms with Crippen LogP contribution in [-0.4, -0.2) is 48.9 Å². The number of hydrogen-bond acceptors (Lipinski definition) is 3. The molecule has 2 aliphatic rings. The quantitative estimate of drug-likeness (QED) is 0.797. The predicted octanol–water partition coefficient (Wildman–Crippen LogP) is 3.86. The van der Waals surface area contributed by atoms with Crippen LogP contribution in [0.4, 0.5) is 0 Å². The van der Waals surface area contributed by atoms with Crippen molar-refractivity contribution in [1.82, 2.24) is 9.80 Å². The van der Waals surface area contributed by atoms with Gasteiger partial charge in [0.2, 0.25) is 5.91 Å². The number of rotatable bonds is 3. The van der Waals surface area contributed by atoms with Crippen LogP contribution < -0.4 is 4.74 Å². The first-order valence-corrected chi connectivity index (χ1v) is 10.3. The molecule has 2 aromatic carbocycles. The van der Waals surface area contributed by atoms with E-state index < -0.39 is 5.92 Å². The van der Waals surface area contributed by atoms with E-state index in [0.717, 1.165) is 42.8 Å². The predicted molar refractivity (Wildman–Crippen MR) is 112 cm³/mol. The standard InChI is InChI=1S/C24H28N2O3/c1-16-12-14-26(15-13-16)24(28)21-19-6-4-5-7-20(19)23(27)25(2)22(21)17-8-10-18(29-3)11-9-17/h4-11,16,21-22H,12-15H2,1-3H3/t21-,22+/m0/s1. The van der Waals surface area contributed by atoms with Gasteiger partial charge < -0.3 is 14.5 Å². The van der Waals surface area contributed by atoms with E-state index in [1.165, 1.54) is 0 Å². The number of carbonyl (C=O) groups excluding carboxylic acids is 2. The first kappa shape index (κ1) is 19.5. The fourth-order valence-electron chi connectivity index (χ4n) is 4.58. The molecule has 29 heavy (non-hydrogen) atoms. The van der Waals surface area contributed by atoms with E-state index >= 15 is 0 Å². The number of carbonyl (C=O) groups is 2. The highest BCUT2D eigenvalue weighted by Crippen LogP contribution is 2.43. The van der Waals surface area contributed by atoms with Crippen molar-refractivity contribution in [1.29, 1.82) is 0 Å². The lowest BCUT2D eigenvalue weighted by Crippen LogP contribution is -2.48. The van der Waals surface area contributed by atoms with Crippen LogP contribution in [0.3, 0.4) is 0 Å². The van der Waals surface area contributed by atoms with Gasteiger partial charge in [-0.05, 0) is 48.1 Å². The lowest BCUT2D eigenvalue weighted by molar-refractivity contribution is -0.135. The number of fused-ring (bicyclic) bond motifs is 1. The smallest absolute Gasteiger partial charge is 0.254 e. The molecule has 0 aromatic heterocycles. The van der Waals surface area contributed by atoms with Crippen molar-refractivity contribution in [2.75, 3.05) is 27.2 Å². The molecule has 2 heterocycles. The van der Waals surface area contributed by atoms with E-state index in [0.29, 0.717) is 11.5 Å². The lowest BCUT2D eigenvalue weighted by atomic mass is 9.79. The summed E-state index contributed by atoms with van der Waals surface area (Å²) in [6.07, 6.45) is 2.06. The summed E-state index contributed by atoms with van der Waals surface area (Å²) in [5.41, 5.74) is 2.41. The minimum absolute atomic E-state index is 0.0438. The van der Waals surface area contributed by atoms with Gasteiger partial charge in [-0.2, -0.15) is 0 Å². The molecule has 1 saturated heterocycles. The third-order valence-corrected chi connectivity index (χ3v) is 6.40. The van der Waals surface area contributed by atoms with Gasteiger partial charge in [-0.3, -0.25) is 9.59 Å². The molecule has 0 unspecified atom stereocenters. The summed E-state index contributed by atoms with van der Waals surface area (Å²) >= 11 is 0. The first-order valence-electron chi connectivity index (χ1n) is 10.3. The van der Waals surface area contributed by atoms with Crippen LogP contribution in [0.25, 0.3) is 0 Å². The molecule has 1 fully saturated rings. The second-order valence-electron chi connectivity index (χ2n) is 8.21. The minimum atomic E-state index is -0.407. The van der Waals surface area contributed by atoms with Gasteiger partial charge in [0.05, 0.1) is 19.1 Å². The molecule has 0 radical (unpaired) electrons. The number of amides is 2. The zero-order valence-corrected chi connectivity index (χ0v) is 17.3. The lowest BCUT2D eigenvalue weighted by Gasteiger charge is -2.42. The van der Waals surface area contributed by atoms with Crippen molar-refractivity contribution >= 4 is 11.8 Å². The van der Waals surface area contributed by atoms with Gasteiger partial charge in [-0.15, -0.1) is 0 Å². The average Bonchev–Trinajstić information content (AvgIpc) is 2.76. The molecule has 0 aliphatic carbocycles. The molecule has 152 valence electrons. The van der Waals surface area contributed by atoms with Crippen LogP contribution in [-0.2, 0) is 4.79 Å². The van der Waals surface area contributed by atoms with E-state index in [-0.39, 0.29) is 17.9 Å². The molecule has 0 spiro atoms. The number of methoxy groups -OCH3 is 1. The van der Waals surface area contributed by atoms with E-state index in [2.05, 4.69) is 6.92 Å². The van der Waals surface area contributed by atoms with Crippen molar-refractivity contribution in [2.24, 2.45) is 5.92 Å². The number of benzene rings is 2. The van der Waals surface area contributed by atoms with Crippen molar-refractivity contribution in [3.63, 3.8) is 0 Å². The number of piperidine rings is 1. The molecule has 4 rings (SSSR count). The Kier molecular flexibility index (Phi) is 5.31. The van der Waals surface area contributed by atoms with Gasteiger partial charge in [0, 0.05) is 25.7 Å². The summed E-state index contributed by atoms with van der Waals surface area (Å²) in [4.78, 5) is 30.5. The zero-order chi connectivity index (χ0) is 20.5. The van der Waals surface area contributed by atoms with Crippen molar-refractivity contribution in [3.05, 3.63) is 65.2 Å². The van der Waals surface area contributed by atoms with Gasteiger partial charge in [-0.25, -0.2) is 0 Å². The Balaban J connectivity index is 1.78. The fourth-order valence-corrected chi connectivity index (χ4v) is 4.58. The molecule has 2 amide bonds. The Bertz CT molecular complexity index is 901. The molecular weight excluding hydrogens is 364 g/mol. The SMILES string of the molecule is COc1ccc([C@@H]2[C@@H](C(=O)N3CCC(C)CC3)c3ccccc3C(=O)N2C)cc1. The summed E-state index contributed by atoms with van der Waals surface area (Å²) < 4.78 is 5.28. The molecule has 2 aliphatic heterocycles. The van der Waals surface area contributed by atoms with E-state index in [1.54, 1.807) is 19.1 Å². The van der Waals surface area contributed by atoms with E-state index in [9.17, 15) is 9.59 Å².